The Morgan fingerprint density at radius 3 is 2.91 bits per heavy atom. The summed E-state index contributed by atoms with van der Waals surface area (Å²) < 4.78 is 5.47. The van der Waals surface area contributed by atoms with Crippen molar-refractivity contribution in [3.05, 3.63) is 59.9 Å². The molecule has 3 aromatic rings. The van der Waals surface area contributed by atoms with Gasteiger partial charge in [-0.05, 0) is 42.2 Å². The molecule has 1 heterocycles. The monoisotopic (exact) mass is 291 g/mol. The van der Waals surface area contributed by atoms with Crippen molar-refractivity contribution in [1.29, 1.82) is 0 Å². The second-order valence-corrected chi connectivity index (χ2v) is 5.50. The van der Waals surface area contributed by atoms with Crippen LogP contribution in [0.1, 0.15) is 23.6 Å². The lowest BCUT2D eigenvalue weighted by molar-refractivity contribution is 0.410. The molecule has 110 valence electrons. The number of benzene rings is 2. The minimum atomic E-state index is 0.267. The van der Waals surface area contributed by atoms with Gasteiger partial charge in [-0.2, -0.15) is 0 Å². The predicted octanol–water partition coefficient (Wildman–Crippen LogP) is 3.74. The highest BCUT2D eigenvalue weighted by Crippen LogP contribution is 2.39. The maximum absolute atomic E-state index is 5.47. The van der Waals surface area contributed by atoms with E-state index in [1.54, 1.807) is 13.4 Å². The highest BCUT2D eigenvalue weighted by atomic mass is 16.5. The number of hydrogen-bond donors (Lipinski definition) is 1. The van der Waals surface area contributed by atoms with Crippen LogP contribution in [-0.4, -0.2) is 17.1 Å². The zero-order chi connectivity index (χ0) is 14.9. The number of hydrogen-bond acceptors (Lipinski definition) is 4. The van der Waals surface area contributed by atoms with Crippen molar-refractivity contribution < 1.29 is 4.74 Å². The third kappa shape index (κ3) is 2.08. The molecular weight excluding hydrogens is 274 g/mol. The average molecular weight is 291 g/mol. The summed E-state index contributed by atoms with van der Waals surface area (Å²) in [7, 11) is 1.73. The lowest BCUT2D eigenvalue weighted by Gasteiger charge is -2.16. The number of rotatable bonds is 3. The van der Waals surface area contributed by atoms with Gasteiger partial charge in [-0.1, -0.05) is 24.3 Å². The molecule has 0 saturated heterocycles. The van der Waals surface area contributed by atoms with Gasteiger partial charge in [0, 0.05) is 5.39 Å². The van der Waals surface area contributed by atoms with Gasteiger partial charge in [0.1, 0.15) is 17.9 Å². The van der Waals surface area contributed by atoms with Gasteiger partial charge in [0.15, 0.2) is 0 Å². The number of nitrogens with one attached hydrogen (secondary N) is 1. The minimum absolute atomic E-state index is 0.267. The fraction of sp³-hybridized carbons (Fsp3) is 0.222. The molecule has 1 unspecified atom stereocenters. The number of aromatic nitrogens is 2. The first-order valence-electron chi connectivity index (χ1n) is 7.49. The van der Waals surface area contributed by atoms with Crippen molar-refractivity contribution in [2.45, 2.75) is 18.9 Å². The number of nitrogens with zero attached hydrogens (tertiary/aromatic N) is 2. The second kappa shape index (κ2) is 5.30. The largest absolute Gasteiger partial charge is 0.496 e. The van der Waals surface area contributed by atoms with Crippen molar-refractivity contribution in [3.63, 3.8) is 0 Å². The van der Waals surface area contributed by atoms with Gasteiger partial charge in [0.25, 0.3) is 0 Å². The number of ether oxygens (including phenoxy) is 1. The molecule has 0 bridgehead atoms. The SMILES string of the molecule is COc1cccc2c1CCC2Nc1ncnc2ccccc12. The van der Waals surface area contributed by atoms with E-state index in [0.717, 1.165) is 35.3 Å². The van der Waals surface area contributed by atoms with Crippen molar-refractivity contribution >= 4 is 16.7 Å². The first-order chi connectivity index (χ1) is 10.9. The standard InChI is InChI=1S/C18H17N3O/c1-22-17-8-4-6-12-13(17)9-10-16(12)21-18-14-5-2-3-7-15(14)19-11-20-18/h2-8,11,16H,9-10H2,1H3,(H,19,20,21). The van der Waals surface area contributed by atoms with Crippen LogP contribution in [0.2, 0.25) is 0 Å². The van der Waals surface area contributed by atoms with E-state index in [0.29, 0.717) is 0 Å². The molecular formula is C18H17N3O. The molecule has 0 fully saturated rings. The first-order valence-corrected chi connectivity index (χ1v) is 7.49. The van der Waals surface area contributed by atoms with Crippen LogP contribution in [-0.2, 0) is 6.42 Å². The molecule has 1 aromatic heterocycles. The highest BCUT2D eigenvalue weighted by molar-refractivity contribution is 5.88. The molecule has 0 saturated carbocycles. The van der Waals surface area contributed by atoms with Crippen LogP contribution in [0, 0.1) is 0 Å². The fourth-order valence-corrected chi connectivity index (χ4v) is 3.25. The molecule has 1 atom stereocenters. The molecule has 4 rings (SSSR count). The Balaban J connectivity index is 1.71. The summed E-state index contributed by atoms with van der Waals surface area (Å²) in [6, 6.07) is 14.6. The third-order valence-corrected chi connectivity index (χ3v) is 4.30. The molecule has 0 amide bonds. The Labute approximate surface area is 129 Å². The van der Waals surface area contributed by atoms with Crippen molar-refractivity contribution in [3.8, 4) is 5.75 Å². The van der Waals surface area contributed by atoms with Crippen LogP contribution in [0.25, 0.3) is 10.9 Å². The Kier molecular flexibility index (Phi) is 3.15. The average Bonchev–Trinajstić information content (AvgIpc) is 2.98. The van der Waals surface area contributed by atoms with E-state index in [4.69, 9.17) is 4.74 Å². The first kappa shape index (κ1) is 13.1. The van der Waals surface area contributed by atoms with Crippen LogP contribution in [0.15, 0.2) is 48.8 Å². The highest BCUT2D eigenvalue weighted by Gasteiger charge is 2.25. The summed E-state index contributed by atoms with van der Waals surface area (Å²) in [5.74, 6) is 1.88. The maximum atomic E-state index is 5.47. The molecule has 1 aliphatic rings. The number of fused-ring (bicyclic) bond motifs is 2. The Morgan fingerprint density at radius 1 is 1.09 bits per heavy atom. The predicted molar refractivity (Wildman–Crippen MR) is 87.2 cm³/mol. The summed E-state index contributed by atoms with van der Waals surface area (Å²) >= 11 is 0. The van der Waals surface area contributed by atoms with Gasteiger partial charge in [-0.25, -0.2) is 9.97 Å². The number of para-hydroxylation sites is 1. The molecule has 1 N–H and O–H groups in total. The van der Waals surface area contributed by atoms with Crippen molar-refractivity contribution in [2.24, 2.45) is 0 Å². The van der Waals surface area contributed by atoms with Crippen LogP contribution < -0.4 is 10.1 Å². The number of anilines is 1. The second-order valence-electron chi connectivity index (χ2n) is 5.50. The minimum Gasteiger partial charge on any atom is -0.496 e. The van der Waals surface area contributed by atoms with Gasteiger partial charge >= 0.3 is 0 Å². The summed E-state index contributed by atoms with van der Waals surface area (Å²) in [5, 5.41) is 4.64. The van der Waals surface area contributed by atoms with Gasteiger partial charge < -0.3 is 10.1 Å². The Hall–Kier alpha value is -2.62. The van der Waals surface area contributed by atoms with Crippen molar-refractivity contribution in [1.82, 2.24) is 9.97 Å². The van der Waals surface area contributed by atoms with Crippen LogP contribution in [0.4, 0.5) is 5.82 Å². The molecule has 0 spiro atoms. The van der Waals surface area contributed by atoms with Crippen LogP contribution >= 0.6 is 0 Å². The topological polar surface area (TPSA) is 47.0 Å². The fourth-order valence-electron chi connectivity index (χ4n) is 3.25. The Bertz CT molecular complexity index is 826. The normalized spacial score (nSPS) is 16.5. The molecule has 0 radical (unpaired) electrons. The summed E-state index contributed by atoms with van der Waals surface area (Å²) in [5.41, 5.74) is 3.58. The maximum Gasteiger partial charge on any atom is 0.137 e. The quantitative estimate of drug-likeness (QED) is 0.798. The zero-order valence-corrected chi connectivity index (χ0v) is 12.4. The van der Waals surface area contributed by atoms with E-state index in [1.807, 2.05) is 24.3 Å². The van der Waals surface area contributed by atoms with Crippen molar-refractivity contribution in [2.75, 3.05) is 12.4 Å². The smallest absolute Gasteiger partial charge is 0.137 e. The molecule has 22 heavy (non-hydrogen) atoms. The van der Waals surface area contributed by atoms with Gasteiger partial charge in [0.2, 0.25) is 0 Å². The van der Waals surface area contributed by atoms with Gasteiger partial charge in [0.05, 0.1) is 18.7 Å². The molecule has 1 aliphatic carbocycles. The number of methoxy groups -OCH3 is 1. The molecule has 4 heteroatoms. The zero-order valence-electron chi connectivity index (χ0n) is 12.4. The van der Waals surface area contributed by atoms with E-state index in [1.165, 1.54) is 11.1 Å². The molecule has 2 aromatic carbocycles. The van der Waals surface area contributed by atoms with Gasteiger partial charge in [-0.15, -0.1) is 0 Å². The Morgan fingerprint density at radius 2 is 2.00 bits per heavy atom. The van der Waals surface area contributed by atoms with E-state index in [2.05, 4.69) is 33.5 Å². The summed E-state index contributed by atoms with van der Waals surface area (Å²) in [4.78, 5) is 8.75. The molecule has 0 aliphatic heterocycles. The van der Waals surface area contributed by atoms with E-state index in [9.17, 15) is 0 Å². The van der Waals surface area contributed by atoms with Crippen LogP contribution in [0.3, 0.4) is 0 Å². The molecule has 4 nitrogen and oxygen atoms in total. The lowest BCUT2D eigenvalue weighted by atomic mass is 10.1. The third-order valence-electron chi connectivity index (χ3n) is 4.30. The van der Waals surface area contributed by atoms with E-state index >= 15 is 0 Å². The summed E-state index contributed by atoms with van der Waals surface area (Å²) in [6.45, 7) is 0. The lowest BCUT2D eigenvalue weighted by Crippen LogP contribution is -2.09. The van der Waals surface area contributed by atoms with E-state index in [-0.39, 0.29) is 6.04 Å². The summed E-state index contributed by atoms with van der Waals surface area (Å²) in [6.07, 6.45) is 3.69. The van der Waals surface area contributed by atoms with Crippen LogP contribution in [0.5, 0.6) is 5.75 Å². The van der Waals surface area contributed by atoms with E-state index < -0.39 is 0 Å². The van der Waals surface area contributed by atoms with Gasteiger partial charge in [-0.3, -0.25) is 0 Å².